The van der Waals surface area contributed by atoms with E-state index >= 15 is 0 Å². The van der Waals surface area contributed by atoms with Crippen molar-refractivity contribution in [3.05, 3.63) is 18.2 Å². The van der Waals surface area contributed by atoms with Crippen LogP contribution in [-0.2, 0) is 16.6 Å². The Morgan fingerprint density at radius 2 is 2.33 bits per heavy atom. The first-order valence-corrected chi connectivity index (χ1v) is 7.09. The Morgan fingerprint density at radius 3 is 3.05 bits per heavy atom. The molecule has 2 aromatic heterocycles. The summed E-state index contributed by atoms with van der Waals surface area (Å²) in [4.78, 5) is 16.1. The van der Waals surface area contributed by atoms with Gasteiger partial charge in [0.2, 0.25) is 11.7 Å². The number of hydrogen-bond donors (Lipinski definition) is 0. The van der Waals surface area contributed by atoms with Gasteiger partial charge in [-0.2, -0.15) is 10.1 Å². The van der Waals surface area contributed by atoms with E-state index in [1.807, 2.05) is 19.3 Å². The molecule has 1 aliphatic rings. The van der Waals surface area contributed by atoms with Gasteiger partial charge in [0, 0.05) is 19.2 Å². The Kier molecular flexibility index (Phi) is 3.72. The molecular formula is C14H18N4O3. The Labute approximate surface area is 122 Å². The molecule has 0 saturated heterocycles. The highest BCUT2D eigenvalue weighted by Gasteiger charge is 2.32. The van der Waals surface area contributed by atoms with Gasteiger partial charge in [0.05, 0.1) is 13.0 Å². The monoisotopic (exact) mass is 290 g/mol. The Balaban J connectivity index is 1.75. The largest absolute Gasteiger partial charge is 0.469 e. The lowest BCUT2D eigenvalue weighted by Crippen LogP contribution is -2.23. The number of esters is 1. The summed E-state index contributed by atoms with van der Waals surface area (Å²) in [6, 6.07) is 1.84. The molecule has 0 aromatic carbocycles. The second-order valence-corrected chi connectivity index (χ2v) is 5.41. The zero-order valence-corrected chi connectivity index (χ0v) is 12.2. The van der Waals surface area contributed by atoms with Crippen LogP contribution < -0.4 is 0 Å². The molecular weight excluding hydrogens is 272 g/mol. The van der Waals surface area contributed by atoms with Crippen LogP contribution >= 0.6 is 0 Å². The van der Waals surface area contributed by atoms with E-state index in [9.17, 15) is 4.79 Å². The van der Waals surface area contributed by atoms with Crippen molar-refractivity contribution in [2.45, 2.75) is 31.6 Å². The zero-order chi connectivity index (χ0) is 14.8. The third kappa shape index (κ3) is 2.81. The summed E-state index contributed by atoms with van der Waals surface area (Å²) >= 11 is 0. The molecule has 0 aliphatic heterocycles. The van der Waals surface area contributed by atoms with Crippen LogP contribution in [0.15, 0.2) is 16.8 Å². The van der Waals surface area contributed by atoms with Gasteiger partial charge >= 0.3 is 5.97 Å². The highest BCUT2D eigenvalue weighted by atomic mass is 16.5. The molecule has 0 N–H and O–H groups in total. The minimum absolute atomic E-state index is 0.0704. The van der Waals surface area contributed by atoms with Crippen molar-refractivity contribution in [3.8, 4) is 11.5 Å². The summed E-state index contributed by atoms with van der Waals surface area (Å²) < 4.78 is 11.9. The molecule has 1 saturated carbocycles. The number of hydrogen-bond acceptors (Lipinski definition) is 6. The number of carbonyl (C=O) groups excluding carboxylic acids is 1. The van der Waals surface area contributed by atoms with Crippen LogP contribution in [0.4, 0.5) is 0 Å². The Bertz CT molecular complexity index is 634. The summed E-state index contributed by atoms with van der Waals surface area (Å²) in [6.45, 7) is 0. The molecule has 0 radical (unpaired) electrons. The standard InChI is InChI=1S/C14H18N4O3/c1-18-7-6-11(16-18)12-15-13(21-17-12)9-4-3-5-10(8-9)14(19)20-2/h6-7,9-10H,3-5,8H2,1-2H3. The first-order chi connectivity index (χ1) is 10.2. The van der Waals surface area contributed by atoms with E-state index in [1.54, 1.807) is 4.68 Å². The summed E-state index contributed by atoms with van der Waals surface area (Å²) in [7, 11) is 3.27. The molecule has 0 amide bonds. The molecule has 2 unspecified atom stereocenters. The van der Waals surface area contributed by atoms with Gasteiger partial charge < -0.3 is 9.26 Å². The first-order valence-electron chi connectivity index (χ1n) is 7.09. The summed E-state index contributed by atoms with van der Waals surface area (Å²) in [5.41, 5.74) is 0.688. The fourth-order valence-corrected chi connectivity index (χ4v) is 2.83. The molecule has 0 spiro atoms. The SMILES string of the molecule is COC(=O)C1CCCC(c2nc(-c3ccn(C)n3)no2)C1. The van der Waals surface area contributed by atoms with Crippen LogP contribution in [0.1, 0.15) is 37.5 Å². The third-order valence-electron chi connectivity index (χ3n) is 3.94. The molecule has 21 heavy (non-hydrogen) atoms. The van der Waals surface area contributed by atoms with Crippen molar-refractivity contribution in [1.29, 1.82) is 0 Å². The number of ether oxygens (including phenoxy) is 1. The molecule has 7 heteroatoms. The second-order valence-electron chi connectivity index (χ2n) is 5.41. The third-order valence-corrected chi connectivity index (χ3v) is 3.94. The lowest BCUT2D eigenvalue weighted by Gasteiger charge is -2.24. The van der Waals surface area contributed by atoms with Gasteiger partial charge in [0.15, 0.2) is 0 Å². The van der Waals surface area contributed by atoms with E-state index in [-0.39, 0.29) is 17.8 Å². The maximum absolute atomic E-state index is 11.7. The summed E-state index contributed by atoms with van der Waals surface area (Å²) in [6.07, 6.45) is 5.32. The van der Waals surface area contributed by atoms with E-state index in [2.05, 4.69) is 15.2 Å². The molecule has 1 fully saturated rings. The first kappa shape index (κ1) is 13.8. The number of methoxy groups -OCH3 is 1. The number of rotatable bonds is 3. The minimum Gasteiger partial charge on any atom is -0.469 e. The van der Waals surface area contributed by atoms with Crippen molar-refractivity contribution in [2.75, 3.05) is 7.11 Å². The minimum atomic E-state index is -0.149. The molecule has 3 rings (SSSR count). The quantitative estimate of drug-likeness (QED) is 0.803. The molecule has 2 heterocycles. The topological polar surface area (TPSA) is 83.0 Å². The van der Waals surface area contributed by atoms with Crippen molar-refractivity contribution in [2.24, 2.45) is 13.0 Å². The van der Waals surface area contributed by atoms with Gasteiger partial charge in [-0.05, 0) is 25.3 Å². The maximum Gasteiger partial charge on any atom is 0.308 e. The van der Waals surface area contributed by atoms with Gasteiger partial charge in [0.25, 0.3) is 0 Å². The van der Waals surface area contributed by atoms with E-state index in [1.165, 1.54) is 7.11 Å². The van der Waals surface area contributed by atoms with Crippen molar-refractivity contribution < 1.29 is 14.1 Å². The molecule has 0 bridgehead atoms. The fraction of sp³-hybridized carbons (Fsp3) is 0.571. The van der Waals surface area contributed by atoms with Gasteiger partial charge in [-0.25, -0.2) is 0 Å². The lowest BCUT2D eigenvalue weighted by atomic mass is 9.81. The summed E-state index contributed by atoms with van der Waals surface area (Å²) in [5, 5.41) is 8.24. The van der Waals surface area contributed by atoms with Crippen molar-refractivity contribution in [3.63, 3.8) is 0 Å². The number of aryl methyl sites for hydroxylation is 1. The van der Waals surface area contributed by atoms with E-state index in [0.717, 1.165) is 19.3 Å². The highest BCUT2D eigenvalue weighted by molar-refractivity contribution is 5.72. The van der Waals surface area contributed by atoms with Crippen LogP contribution in [0.25, 0.3) is 11.5 Å². The van der Waals surface area contributed by atoms with Gasteiger partial charge in [-0.3, -0.25) is 9.48 Å². The van der Waals surface area contributed by atoms with Crippen LogP contribution in [-0.4, -0.2) is 33.0 Å². The average Bonchev–Trinajstić information content (AvgIpc) is 3.15. The molecule has 7 nitrogen and oxygen atoms in total. The van der Waals surface area contributed by atoms with Crippen LogP contribution in [0, 0.1) is 5.92 Å². The normalized spacial score (nSPS) is 22.2. The van der Waals surface area contributed by atoms with Gasteiger partial charge in [-0.15, -0.1) is 0 Å². The zero-order valence-electron chi connectivity index (χ0n) is 12.2. The number of aromatic nitrogens is 4. The van der Waals surface area contributed by atoms with Crippen LogP contribution in [0.5, 0.6) is 0 Å². The highest BCUT2D eigenvalue weighted by Crippen LogP contribution is 2.36. The van der Waals surface area contributed by atoms with Crippen LogP contribution in [0.3, 0.4) is 0 Å². The second kappa shape index (κ2) is 5.67. The molecule has 112 valence electrons. The van der Waals surface area contributed by atoms with E-state index in [4.69, 9.17) is 9.26 Å². The lowest BCUT2D eigenvalue weighted by molar-refractivity contribution is -0.146. The molecule has 2 aromatic rings. The number of nitrogens with zero attached hydrogens (tertiary/aromatic N) is 4. The van der Waals surface area contributed by atoms with E-state index in [0.29, 0.717) is 23.8 Å². The molecule has 2 atom stereocenters. The maximum atomic E-state index is 11.7. The predicted octanol–water partition coefficient (Wildman–Crippen LogP) is 1.92. The predicted molar refractivity (Wildman–Crippen MR) is 73.2 cm³/mol. The number of carbonyl (C=O) groups is 1. The van der Waals surface area contributed by atoms with Crippen molar-refractivity contribution in [1.82, 2.24) is 19.9 Å². The van der Waals surface area contributed by atoms with Gasteiger partial charge in [0.1, 0.15) is 5.69 Å². The van der Waals surface area contributed by atoms with Crippen molar-refractivity contribution >= 4 is 5.97 Å². The van der Waals surface area contributed by atoms with E-state index < -0.39 is 0 Å². The smallest absolute Gasteiger partial charge is 0.308 e. The van der Waals surface area contributed by atoms with Crippen LogP contribution in [0.2, 0.25) is 0 Å². The molecule has 1 aliphatic carbocycles. The average molecular weight is 290 g/mol. The summed E-state index contributed by atoms with van der Waals surface area (Å²) in [5.74, 6) is 0.978. The Morgan fingerprint density at radius 1 is 1.48 bits per heavy atom. The fourth-order valence-electron chi connectivity index (χ4n) is 2.83. The Hall–Kier alpha value is -2.18. The van der Waals surface area contributed by atoms with Gasteiger partial charge in [-0.1, -0.05) is 11.6 Å².